The van der Waals surface area contributed by atoms with E-state index in [0.29, 0.717) is 12.0 Å². The maximum atomic E-state index is 5.56. The Morgan fingerprint density at radius 3 is 2.80 bits per heavy atom. The van der Waals surface area contributed by atoms with E-state index in [4.69, 9.17) is 9.51 Å². The standard InChI is InChI=1S/C19H29N5O/c1-23-13-11-20-18(23)10-9-16-8-4-5-12-24(16)14-17-21-19(25-22-17)15-6-2-3-7-15/h11,13,15-16H,2-10,12,14H2,1H3/t16-/m0/s1. The fraction of sp³-hybridized carbons (Fsp3) is 0.737. The Bertz CT molecular complexity index is 673. The molecule has 2 aromatic rings. The van der Waals surface area contributed by atoms with E-state index in [-0.39, 0.29) is 0 Å². The van der Waals surface area contributed by atoms with E-state index >= 15 is 0 Å². The second-order valence-electron chi connectivity index (χ2n) is 7.64. The van der Waals surface area contributed by atoms with Gasteiger partial charge < -0.3 is 9.09 Å². The molecule has 6 nitrogen and oxygen atoms in total. The van der Waals surface area contributed by atoms with Gasteiger partial charge in [0.1, 0.15) is 5.82 Å². The van der Waals surface area contributed by atoms with E-state index in [1.807, 2.05) is 12.4 Å². The van der Waals surface area contributed by atoms with Crippen molar-refractivity contribution in [1.82, 2.24) is 24.6 Å². The summed E-state index contributed by atoms with van der Waals surface area (Å²) in [5.74, 6) is 3.41. The molecule has 0 bridgehead atoms. The van der Waals surface area contributed by atoms with Gasteiger partial charge in [0, 0.05) is 37.8 Å². The molecule has 25 heavy (non-hydrogen) atoms. The van der Waals surface area contributed by atoms with Crippen LogP contribution < -0.4 is 0 Å². The van der Waals surface area contributed by atoms with E-state index in [2.05, 4.69) is 26.7 Å². The van der Waals surface area contributed by atoms with Gasteiger partial charge in [-0.25, -0.2) is 4.98 Å². The second-order valence-corrected chi connectivity index (χ2v) is 7.64. The molecule has 0 radical (unpaired) electrons. The van der Waals surface area contributed by atoms with Crippen molar-refractivity contribution >= 4 is 0 Å². The zero-order valence-corrected chi connectivity index (χ0v) is 15.2. The summed E-state index contributed by atoms with van der Waals surface area (Å²) in [4.78, 5) is 11.7. The van der Waals surface area contributed by atoms with E-state index in [1.165, 1.54) is 50.8 Å². The molecular formula is C19H29N5O. The third-order valence-electron chi connectivity index (χ3n) is 5.90. The Morgan fingerprint density at radius 2 is 2.00 bits per heavy atom. The summed E-state index contributed by atoms with van der Waals surface area (Å²) in [5.41, 5.74) is 0. The fourth-order valence-electron chi connectivity index (χ4n) is 4.38. The third kappa shape index (κ3) is 3.94. The maximum Gasteiger partial charge on any atom is 0.229 e. The van der Waals surface area contributed by atoms with Crippen LogP contribution in [0.3, 0.4) is 0 Å². The molecule has 0 amide bonds. The lowest BCUT2D eigenvalue weighted by atomic mass is 9.97. The highest BCUT2D eigenvalue weighted by Gasteiger charge is 2.26. The van der Waals surface area contributed by atoms with Crippen molar-refractivity contribution in [2.45, 2.75) is 76.3 Å². The molecule has 1 saturated carbocycles. The minimum absolute atomic E-state index is 0.502. The minimum atomic E-state index is 0.502. The number of nitrogens with zero attached hydrogens (tertiary/aromatic N) is 5. The van der Waals surface area contributed by atoms with Crippen LogP contribution in [-0.2, 0) is 20.0 Å². The summed E-state index contributed by atoms with van der Waals surface area (Å²) >= 11 is 0. The largest absolute Gasteiger partial charge is 0.339 e. The Balaban J connectivity index is 1.36. The van der Waals surface area contributed by atoms with Crippen LogP contribution in [0.2, 0.25) is 0 Å². The highest BCUT2D eigenvalue weighted by Crippen LogP contribution is 2.33. The SMILES string of the molecule is Cn1ccnc1CC[C@@H]1CCCCN1Cc1noc(C2CCCC2)n1. The lowest BCUT2D eigenvalue weighted by molar-refractivity contribution is 0.127. The molecule has 2 aliphatic rings. The van der Waals surface area contributed by atoms with Gasteiger partial charge in [0.05, 0.1) is 6.54 Å². The molecule has 1 aliphatic heterocycles. The monoisotopic (exact) mass is 343 g/mol. The van der Waals surface area contributed by atoms with Gasteiger partial charge in [0.15, 0.2) is 5.82 Å². The van der Waals surface area contributed by atoms with E-state index in [1.54, 1.807) is 0 Å². The van der Waals surface area contributed by atoms with Crippen LogP contribution in [0.15, 0.2) is 16.9 Å². The molecule has 1 saturated heterocycles. The van der Waals surface area contributed by atoms with Gasteiger partial charge >= 0.3 is 0 Å². The van der Waals surface area contributed by atoms with Crippen molar-refractivity contribution in [1.29, 1.82) is 0 Å². The highest BCUT2D eigenvalue weighted by molar-refractivity contribution is 4.98. The van der Waals surface area contributed by atoms with E-state index < -0.39 is 0 Å². The first-order valence-corrected chi connectivity index (χ1v) is 9.82. The van der Waals surface area contributed by atoms with Crippen molar-refractivity contribution in [3.8, 4) is 0 Å². The van der Waals surface area contributed by atoms with Gasteiger partial charge in [-0.05, 0) is 38.6 Å². The van der Waals surface area contributed by atoms with Crippen LogP contribution in [0.1, 0.15) is 74.8 Å². The van der Waals surface area contributed by atoms with Crippen molar-refractivity contribution in [3.05, 3.63) is 29.9 Å². The first kappa shape index (κ1) is 16.8. The van der Waals surface area contributed by atoms with Crippen LogP contribution in [0.5, 0.6) is 0 Å². The zero-order valence-electron chi connectivity index (χ0n) is 15.2. The number of likely N-dealkylation sites (tertiary alicyclic amines) is 1. The topological polar surface area (TPSA) is 60.0 Å². The fourth-order valence-corrected chi connectivity index (χ4v) is 4.38. The molecule has 1 aliphatic carbocycles. The summed E-state index contributed by atoms with van der Waals surface area (Å²) < 4.78 is 7.68. The van der Waals surface area contributed by atoms with Crippen LogP contribution in [0.25, 0.3) is 0 Å². The molecule has 6 heteroatoms. The van der Waals surface area contributed by atoms with Crippen molar-refractivity contribution in [2.75, 3.05) is 6.54 Å². The minimum Gasteiger partial charge on any atom is -0.339 e. The molecule has 3 heterocycles. The van der Waals surface area contributed by atoms with Gasteiger partial charge in [-0.2, -0.15) is 4.98 Å². The number of hydrogen-bond donors (Lipinski definition) is 0. The number of aromatic nitrogens is 4. The summed E-state index contributed by atoms with van der Waals surface area (Å²) in [7, 11) is 2.07. The van der Waals surface area contributed by atoms with Gasteiger partial charge in [-0.1, -0.05) is 24.4 Å². The molecule has 0 unspecified atom stereocenters. The maximum absolute atomic E-state index is 5.56. The Morgan fingerprint density at radius 1 is 1.16 bits per heavy atom. The van der Waals surface area contributed by atoms with Crippen LogP contribution in [0, 0.1) is 0 Å². The summed E-state index contributed by atoms with van der Waals surface area (Å²) in [6.45, 7) is 1.96. The average molecular weight is 343 g/mol. The van der Waals surface area contributed by atoms with Gasteiger partial charge in [-0.15, -0.1) is 0 Å². The molecule has 0 aromatic carbocycles. The normalized spacial score (nSPS) is 22.7. The Kier molecular flexibility index (Phi) is 5.15. The van der Waals surface area contributed by atoms with Crippen molar-refractivity contribution in [3.63, 3.8) is 0 Å². The Hall–Kier alpha value is -1.69. The average Bonchev–Trinajstić information content (AvgIpc) is 3.36. The van der Waals surface area contributed by atoms with Gasteiger partial charge in [0.25, 0.3) is 0 Å². The number of imidazole rings is 1. The lowest BCUT2D eigenvalue weighted by Crippen LogP contribution is -2.39. The summed E-state index contributed by atoms with van der Waals surface area (Å²) in [6, 6.07) is 0.596. The molecule has 0 spiro atoms. The van der Waals surface area contributed by atoms with E-state index in [0.717, 1.165) is 37.6 Å². The second kappa shape index (κ2) is 7.68. The smallest absolute Gasteiger partial charge is 0.229 e. The molecule has 4 rings (SSSR count). The molecular weight excluding hydrogens is 314 g/mol. The summed E-state index contributed by atoms with van der Waals surface area (Å²) in [6.07, 6.45) is 15.0. The Labute approximate surface area is 149 Å². The predicted molar refractivity (Wildman–Crippen MR) is 95.1 cm³/mol. The third-order valence-corrected chi connectivity index (χ3v) is 5.90. The number of piperidine rings is 1. The van der Waals surface area contributed by atoms with Crippen molar-refractivity contribution in [2.24, 2.45) is 7.05 Å². The van der Waals surface area contributed by atoms with E-state index in [9.17, 15) is 0 Å². The van der Waals surface area contributed by atoms with Gasteiger partial charge in [-0.3, -0.25) is 4.90 Å². The van der Waals surface area contributed by atoms with Crippen LogP contribution in [0.4, 0.5) is 0 Å². The number of rotatable bonds is 6. The molecule has 0 N–H and O–H groups in total. The first-order valence-electron chi connectivity index (χ1n) is 9.82. The number of aryl methyl sites for hydroxylation is 2. The van der Waals surface area contributed by atoms with Crippen LogP contribution >= 0.6 is 0 Å². The molecule has 1 atom stereocenters. The zero-order chi connectivity index (χ0) is 17.1. The molecule has 2 fully saturated rings. The van der Waals surface area contributed by atoms with Crippen LogP contribution in [-0.4, -0.2) is 37.2 Å². The van der Waals surface area contributed by atoms with Gasteiger partial charge in [0.2, 0.25) is 5.89 Å². The molecule has 136 valence electrons. The molecule has 2 aromatic heterocycles. The first-order chi connectivity index (χ1) is 12.3. The lowest BCUT2D eigenvalue weighted by Gasteiger charge is -2.34. The van der Waals surface area contributed by atoms with Crippen molar-refractivity contribution < 1.29 is 4.52 Å². The summed E-state index contributed by atoms with van der Waals surface area (Å²) in [5, 5.41) is 4.27. The quantitative estimate of drug-likeness (QED) is 0.804. The highest BCUT2D eigenvalue weighted by atomic mass is 16.5. The number of hydrogen-bond acceptors (Lipinski definition) is 5. The predicted octanol–water partition coefficient (Wildman–Crippen LogP) is 3.45.